The summed E-state index contributed by atoms with van der Waals surface area (Å²) in [7, 11) is 3.44. The van der Waals surface area contributed by atoms with E-state index in [4.69, 9.17) is 9.47 Å². The van der Waals surface area contributed by atoms with Crippen LogP contribution in [0.15, 0.2) is 30.3 Å². The minimum absolute atomic E-state index is 0.0856. The molecule has 2 rings (SSSR count). The monoisotopic (exact) mass is 235 g/mol. The highest BCUT2D eigenvalue weighted by Gasteiger charge is 2.43. The summed E-state index contributed by atoms with van der Waals surface area (Å²) in [4.78, 5) is 0. The zero-order valence-corrected chi connectivity index (χ0v) is 10.8. The highest BCUT2D eigenvalue weighted by Crippen LogP contribution is 2.38. The van der Waals surface area contributed by atoms with Crippen molar-refractivity contribution < 1.29 is 9.47 Å². The highest BCUT2D eigenvalue weighted by atomic mass is 16.7. The molecule has 0 amide bonds. The van der Waals surface area contributed by atoms with Gasteiger partial charge in [-0.1, -0.05) is 30.3 Å². The van der Waals surface area contributed by atoms with Crippen LogP contribution in [0.4, 0.5) is 0 Å². The predicted molar refractivity (Wildman–Crippen MR) is 67.8 cm³/mol. The first-order chi connectivity index (χ1) is 8.22. The summed E-state index contributed by atoms with van der Waals surface area (Å²) in [6.45, 7) is 2.20. The first kappa shape index (κ1) is 12.6. The van der Waals surface area contributed by atoms with Gasteiger partial charge in [0, 0.05) is 26.7 Å². The van der Waals surface area contributed by atoms with Crippen molar-refractivity contribution in [1.29, 1.82) is 0 Å². The maximum Gasteiger partial charge on any atom is 0.187 e. The van der Waals surface area contributed by atoms with Crippen LogP contribution in [0.5, 0.6) is 0 Å². The average molecular weight is 235 g/mol. The lowest BCUT2D eigenvalue weighted by atomic mass is 9.88. The molecule has 2 atom stereocenters. The molecule has 0 unspecified atom stereocenters. The van der Waals surface area contributed by atoms with E-state index in [-0.39, 0.29) is 6.04 Å². The van der Waals surface area contributed by atoms with Gasteiger partial charge in [0.05, 0.1) is 6.04 Å². The van der Waals surface area contributed by atoms with Gasteiger partial charge in [0.25, 0.3) is 0 Å². The lowest BCUT2D eigenvalue weighted by molar-refractivity contribution is -0.242. The van der Waals surface area contributed by atoms with E-state index in [0.29, 0.717) is 6.04 Å². The zero-order chi connectivity index (χ0) is 12.3. The molecule has 0 spiro atoms. The maximum atomic E-state index is 5.66. The second kappa shape index (κ2) is 5.17. The lowest BCUT2D eigenvalue weighted by Gasteiger charge is -2.44. The summed E-state index contributed by atoms with van der Waals surface area (Å²) >= 11 is 0. The zero-order valence-electron chi connectivity index (χ0n) is 10.8. The van der Waals surface area contributed by atoms with Gasteiger partial charge in [-0.15, -0.1) is 0 Å². The van der Waals surface area contributed by atoms with E-state index < -0.39 is 5.79 Å². The molecule has 1 N–H and O–H groups in total. The number of piperidine rings is 1. The van der Waals surface area contributed by atoms with Crippen LogP contribution < -0.4 is 5.32 Å². The second-order valence-electron chi connectivity index (χ2n) is 4.67. The molecule has 1 aliphatic heterocycles. The van der Waals surface area contributed by atoms with E-state index in [9.17, 15) is 0 Å². The van der Waals surface area contributed by atoms with Crippen molar-refractivity contribution in [2.24, 2.45) is 0 Å². The Hall–Kier alpha value is -0.900. The van der Waals surface area contributed by atoms with E-state index in [0.717, 1.165) is 12.8 Å². The number of rotatable bonds is 3. The van der Waals surface area contributed by atoms with Gasteiger partial charge < -0.3 is 14.8 Å². The van der Waals surface area contributed by atoms with Crippen LogP contribution in [-0.4, -0.2) is 26.0 Å². The molecule has 0 aromatic heterocycles. The molecular formula is C14H21NO2. The number of hydrogen-bond acceptors (Lipinski definition) is 3. The normalized spacial score (nSPS) is 27.9. The van der Waals surface area contributed by atoms with Crippen molar-refractivity contribution in [2.75, 3.05) is 14.2 Å². The summed E-state index contributed by atoms with van der Waals surface area (Å²) in [5.74, 6) is -0.548. The van der Waals surface area contributed by atoms with Crippen LogP contribution >= 0.6 is 0 Å². The molecule has 0 saturated carbocycles. The van der Waals surface area contributed by atoms with Gasteiger partial charge in [0.1, 0.15) is 0 Å². The van der Waals surface area contributed by atoms with E-state index in [1.165, 1.54) is 5.56 Å². The van der Waals surface area contributed by atoms with Crippen molar-refractivity contribution in [1.82, 2.24) is 5.32 Å². The summed E-state index contributed by atoms with van der Waals surface area (Å²) in [6.07, 6.45) is 1.97. The fourth-order valence-electron chi connectivity index (χ4n) is 2.58. The van der Waals surface area contributed by atoms with Crippen molar-refractivity contribution >= 4 is 0 Å². The molecule has 17 heavy (non-hydrogen) atoms. The Kier molecular flexibility index (Phi) is 3.82. The molecule has 3 nitrogen and oxygen atoms in total. The minimum Gasteiger partial charge on any atom is -0.351 e. The summed E-state index contributed by atoms with van der Waals surface area (Å²) in [5, 5.41) is 3.58. The van der Waals surface area contributed by atoms with Gasteiger partial charge in [-0.05, 0) is 18.9 Å². The first-order valence-electron chi connectivity index (χ1n) is 6.13. The van der Waals surface area contributed by atoms with Crippen LogP contribution in [0.25, 0.3) is 0 Å². The Morgan fingerprint density at radius 2 is 1.82 bits per heavy atom. The van der Waals surface area contributed by atoms with Crippen LogP contribution in [-0.2, 0) is 9.47 Å². The van der Waals surface area contributed by atoms with Crippen LogP contribution in [0, 0.1) is 0 Å². The topological polar surface area (TPSA) is 30.5 Å². The minimum atomic E-state index is -0.548. The van der Waals surface area contributed by atoms with E-state index in [1.807, 2.05) is 18.2 Å². The Balaban J connectivity index is 2.32. The maximum absolute atomic E-state index is 5.66. The molecule has 0 aliphatic carbocycles. The van der Waals surface area contributed by atoms with Crippen molar-refractivity contribution in [3.05, 3.63) is 35.9 Å². The summed E-state index contributed by atoms with van der Waals surface area (Å²) in [6, 6.07) is 10.9. The van der Waals surface area contributed by atoms with E-state index in [1.54, 1.807) is 14.2 Å². The van der Waals surface area contributed by atoms with Gasteiger partial charge in [-0.3, -0.25) is 0 Å². The fraction of sp³-hybridized carbons (Fsp3) is 0.571. The number of ether oxygens (including phenoxy) is 2. The van der Waals surface area contributed by atoms with Gasteiger partial charge in [0.15, 0.2) is 5.79 Å². The molecule has 1 aromatic rings. The molecular weight excluding hydrogens is 214 g/mol. The third-order valence-electron chi connectivity index (χ3n) is 3.64. The van der Waals surface area contributed by atoms with Crippen molar-refractivity contribution in [3.8, 4) is 0 Å². The van der Waals surface area contributed by atoms with Crippen LogP contribution in [0.3, 0.4) is 0 Å². The fourth-order valence-corrected chi connectivity index (χ4v) is 2.58. The van der Waals surface area contributed by atoms with Crippen molar-refractivity contribution in [3.63, 3.8) is 0 Å². The number of hydrogen-bond donors (Lipinski definition) is 1. The molecule has 0 bridgehead atoms. The third kappa shape index (κ3) is 2.37. The molecule has 1 fully saturated rings. The quantitative estimate of drug-likeness (QED) is 0.816. The smallest absolute Gasteiger partial charge is 0.187 e. The molecule has 94 valence electrons. The summed E-state index contributed by atoms with van der Waals surface area (Å²) < 4.78 is 11.3. The molecule has 1 saturated heterocycles. The largest absolute Gasteiger partial charge is 0.351 e. The molecule has 1 heterocycles. The van der Waals surface area contributed by atoms with Crippen molar-refractivity contribution in [2.45, 2.75) is 37.6 Å². The average Bonchev–Trinajstić information content (AvgIpc) is 2.40. The van der Waals surface area contributed by atoms with E-state index >= 15 is 0 Å². The van der Waals surface area contributed by atoms with Gasteiger partial charge in [0.2, 0.25) is 0 Å². The van der Waals surface area contributed by atoms with Gasteiger partial charge >= 0.3 is 0 Å². The number of methoxy groups -OCH3 is 2. The van der Waals surface area contributed by atoms with E-state index in [2.05, 4.69) is 24.4 Å². The van der Waals surface area contributed by atoms with Crippen LogP contribution in [0.1, 0.15) is 31.4 Å². The Bertz CT molecular complexity index is 348. The van der Waals surface area contributed by atoms with Gasteiger partial charge in [-0.2, -0.15) is 0 Å². The molecule has 1 aliphatic rings. The molecule has 0 radical (unpaired) electrons. The van der Waals surface area contributed by atoms with Crippen LogP contribution in [0.2, 0.25) is 0 Å². The summed E-state index contributed by atoms with van der Waals surface area (Å²) in [5.41, 5.74) is 1.21. The highest BCUT2D eigenvalue weighted by molar-refractivity contribution is 5.22. The standard InChI is InChI=1S/C14H21NO2/c1-11-9-10-14(16-2,17-3)13(15-11)12-7-5-4-6-8-12/h4-8,11,13,15H,9-10H2,1-3H3/t11-,13-/m1/s1. The Labute approximate surface area is 103 Å². The molecule has 3 heteroatoms. The predicted octanol–water partition coefficient (Wildman–Crippen LogP) is 2.49. The SMILES string of the molecule is COC1(OC)CC[C@@H](C)N[C@@H]1c1ccccc1. The Morgan fingerprint density at radius 1 is 1.18 bits per heavy atom. The number of nitrogens with one attached hydrogen (secondary N) is 1. The number of benzene rings is 1. The second-order valence-corrected chi connectivity index (χ2v) is 4.67. The Morgan fingerprint density at radius 3 is 2.41 bits per heavy atom. The molecule has 1 aromatic carbocycles. The lowest BCUT2D eigenvalue weighted by Crippen LogP contribution is -2.54. The van der Waals surface area contributed by atoms with Gasteiger partial charge in [-0.25, -0.2) is 0 Å². The first-order valence-corrected chi connectivity index (χ1v) is 6.13. The third-order valence-corrected chi connectivity index (χ3v) is 3.64.